The third kappa shape index (κ3) is 3.05. The predicted molar refractivity (Wildman–Crippen MR) is 69.1 cm³/mol. The molecular weight excluding hydrogens is 246 g/mol. The number of rotatable bonds is 5. The molecule has 0 aliphatic carbocycles. The number of pyridine rings is 1. The van der Waals surface area contributed by atoms with Crippen LogP contribution in [0.2, 0.25) is 0 Å². The molecule has 19 heavy (non-hydrogen) atoms. The first-order chi connectivity index (χ1) is 9.22. The molecule has 2 aromatic heterocycles. The second-order valence-corrected chi connectivity index (χ2v) is 3.91. The average molecular weight is 261 g/mol. The molecule has 0 bridgehead atoms. The topological polar surface area (TPSA) is 111 Å². The Kier molecular flexibility index (Phi) is 4.04. The lowest BCUT2D eigenvalue weighted by Gasteiger charge is -2.08. The van der Waals surface area contributed by atoms with Gasteiger partial charge in [-0.15, -0.1) is 10.2 Å². The van der Waals surface area contributed by atoms with Crippen LogP contribution in [-0.4, -0.2) is 32.2 Å². The van der Waals surface area contributed by atoms with E-state index in [1.165, 1.54) is 0 Å². The van der Waals surface area contributed by atoms with Gasteiger partial charge in [-0.25, -0.2) is 10.8 Å². The number of aromatic nitrogens is 4. The Hall–Kier alpha value is -2.48. The summed E-state index contributed by atoms with van der Waals surface area (Å²) >= 11 is 0. The fourth-order valence-corrected chi connectivity index (χ4v) is 1.62. The molecular formula is C11H15N7O. The van der Waals surface area contributed by atoms with Crippen LogP contribution in [0, 0.1) is 0 Å². The first-order valence-corrected chi connectivity index (χ1v) is 5.75. The summed E-state index contributed by atoms with van der Waals surface area (Å²) in [4.78, 5) is 15.9. The number of aryl methyl sites for hydroxylation is 1. The molecule has 4 N–H and O–H groups in total. The number of nitrogen functional groups attached to an aromatic ring is 1. The Bertz CT molecular complexity index is 566. The number of anilines is 1. The monoisotopic (exact) mass is 261 g/mol. The number of nitrogens with two attached hydrogens (primary N) is 1. The summed E-state index contributed by atoms with van der Waals surface area (Å²) in [6.45, 7) is 0.463. The van der Waals surface area contributed by atoms with Gasteiger partial charge in [0.05, 0.1) is 5.56 Å². The standard InChI is InChI=1S/C11H15N7O/c1-18-7-15-17-9(18)4-6-14-11(19)8-3-2-5-13-10(8)16-12/h2-3,5,7H,4,6,12H2,1H3,(H,13,16)(H,14,19). The van der Waals surface area contributed by atoms with Gasteiger partial charge < -0.3 is 15.3 Å². The average Bonchev–Trinajstić information content (AvgIpc) is 2.84. The van der Waals surface area contributed by atoms with Crippen LogP contribution in [-0.2, 0) is 13.5 Å². The number of carbonyl (C=O) groups is 1. The molecule has 0 fully saturated rings. The normalized spacial score (nSPS) is 10.2. The van der Waals surface area contributed by atoms with Crippen LogP contribution in [0.25, 0.3) is 0 Å². The largest absolute Gasteiger partial charge is 0.351 e. The summed E-state index contributed by atoms with van der Waals surface area (Å²) in [6.07, 6.45) is 3.79. The lowest BCUT2D eigenvalue weighted by atomic mass is 10.2. The van der Waals surface area contributed by atoms with Gasteiger partial charge >= 0.3 is 0 Å². The van der Waals surface area contributed by atoms with E-state index in [1.54, 1.807) is 24.7 Å². The first kappa shape index (κ1) is 13.0. The third-order valence-electron chi connectivity index (χ3n) is 2.63. The van der Waals surface area contributed by atoms with Crippen molar-refractivity contribution >= 4 is 11.7 Å². The molecule has 8 heteroatoms. The van der Waals surface area contributed by atoms with Gasteiger partial charge in [0.2, 0.25) is 0 Å². The summed E-state index contributed by atoms with van der Waals surface area (Å²) in [5.41, 5.74) is 2.80. The van der Waals surface area contributed by atoms with Crippen LogP contribution in [0.5, 0.6) is 0 Å². The molecule has 0 unspecified atom stereocenters. The van der Waals surface area contributed by atoms with Gasteiger partial charge in [0.25, 0.3) is 5.91 Å². The highest BCUT2D eigenvalue weighted by Crippen LogP contribution is 2.09. The first-order valence-electron chi connectivity index (χ1n) is 5.75. The molecule has 0 spiro atoms. The maximum absolute atomic E-state index is 11.9. The van der Waals surface area contributed by atoms with Gasteiger partial charge in [0, 0.05) is 26.2 Å². The van der Waals surface area contributed by atoms with Gasteiger partial charge in [-0.2, -0.15) is 0 Å². The fourth-order valence-electron chi connectivity index (χ4n) is 1.62. The quantitative estimate of drug-likeness (QED) is 0.493. The van der Waals surface area contributed by atoms with Crippen molar-refractivity contribution in [2.45, 2.75) is 6.42 Å². The van der Waals surface area contributed by atoms with Crippen LogP contribution in [0.3, 0.4) is 0 Å². The van der Waals surface area contributed by atoms with Crippen molar-refractivity contribution in [2.24, 2.45) is 12.9 Å². The van der Waals surface area contributed by atoms with Crippen molar-refractivity contribution in [3.05, 3.63) is 36.0 Å². The van der Waals surface area contributed by atoms with E-state index in [-0.39, 0.29) is 5.91 Å². The molecule has 0 radical (unpaired) electrons. The molecule has 100 valence electrons. The molecule has 2 aromatic rings. The molecule has 0 saturated heterocycles. The molecule has 8 nitrogen and oxygen atoms in total. The summed E-state index contributed by atoms with van der Waals surface area (Å²) in [5.74, 6) is 6.22. The smallest absolute Gasteiger partial charge is 0.255 e. The van der Waals surface area contributed by atoms with Crippen LogP contribution >= 0.6 is 0 Å². The molecule has 2 heterocycles. The van der Waals surface area contributed by atoms with E-state index in [1.807, 2.05) is 11.6 Å². The van der Waals surface area contributed by atoms with E-state index in [0.29, 0.717) is 24.3 Å². The molecule has 0 saturated carbocycles. The zero-order valence-electron chi connectivity index (χ0n) is 10.5. The summed E-state index contributed by atoms with van der Waals surface area (Å²) in [5, 5.41) is 10.5. The van der Waals surface area contributed by atoms with Crippen LogP contribution in [0.15, 0.2) is 24.7 Å². The van der Waals surface area contributed by atoms with E-state index in [9.17, 15) is 4.79 Å². The van der Waals surface area contributed by atoms with E-state index < -0.39 is 0 Å². The molecule has 2 rings (SSSR count). The SMILES string of the molecule is Cn1cnnc1CCNC(=O)c1cccnc1NN. The van der Waals surface area contributed by atoms with Crippen molar-refractivity contribution < 1.29 is 4.79 Å². The zero-order valence-corrected chi connectivity index (χ0v) is 10.5. The highest BCUT2D eigenvalue weighted by molar-refractivity contribution is 5.98. The lowest BCUT2D eigenvalue weighted by molar-refractivity contribution is 0.0954. The maximum atomic E-state index is 11.9. The zero-order chi connectivity index (χ0) is 13.7. The molecule has 0 aromatic carbocycles. The van der Waals surface area contributed by atoms with Gasteiger partial charge in [-0.1, -0.05) is 0 Å². The number of carbonyl (C=O) groups excluding carboxylic acids is 1. The number of nitrogens with zero attached hydrogens (tertiary/aromatic N) is 4. The number of hydrogen-bond acceptors (Lipinski definition) is 6. The Morgan fingerprint density at radius 2 is 2.37 bits per heavy atom. The predicted octanol–water partition coefficient (Wildman–Crippen LogP) is -0.532. The van der Waals surface area contributed by atoms with Crippen LogP contribution in [0.1, 0.15) is 16.2 Å². The summed E-state index contributed by atoms with van der Waals surface area (Å²) in [6, 6.07) is 3.33. The molecule has 0 aliphatic rings. The Balaban J connectivity index is 1.93. The van der Waals surface area contributed by atoms with Gasteiger partial charge in [-0.05, 0) is 12.1 Å². The highest BCUT2D eigenvalue weighted by atomic mass is 16.1. The van der Waals surface area contributed by atoms with Crippen molar-refractivity contribution in [3.8, 4) is 0 Å². The summed E-state index contributed by atoms with van der Waals surface area (Å²) in [7, 11) is 1.86. The fraction of sp³-hybridized carbons (Fsp3) is 0.273. The molecule has 0 aliphatic heterocycles. The van der Waals surface area contributed by atoms with Crippen molar-refractivity contribution in [2.75, 3.05) is 12.0 Å². The van der Waals surface area contributed by atoms with E-state index in [4.69, 9.17) is 5.84 Å². The van der Waals surface area contributed by atoms with E-state index >= 15 is 0 Å². The number of hydrogen-bond donors (Lipinski definition) is 3. The van der Waals surface area contributed by atoms with Crippen molar-refractivity contribution in [1.82, 2.24) is 25.1 Å². The van der Waals surface area contributed by atoms with Crippen LogP contribution in [0.4, 0.5) is 5.82 Å². The minimum atomic E-state index is -0.233. The van der Waals surface area contributed by atoms with Crippen molar-refractivity contribution in [3.63, 3.8) is 0 Å². The Morgan fingerprint density at radius 1 is 1.53 bits per heavy atom. The maximum Gasteiger partial charge on any atom is 0.255 e. The summed E-state index contributed by atoms with van der Waals surface area (Å²) < 4.78 is 1.81. The van der Waals surface area contributed by atoms with Gasteiger partial charge in [0.1, 0.15) is 12.2 Å². The molecule has 1 amide bonds. The number of nitrogens with one attached hydrogen (secondary N) is 2. The number of hydrazine groups is 1. The minimum absolute atomic E-state index is 0.233. The molecule has 0 atom stereocenters. The highest BCUT2D eigenvalue weighted by Gasteiger charge is 2.11. The van der Waals surface area contributed by atoms with Crippen LogP contribution < -0.4 is 16.6 Å². The van der Waals surface area contributed by atoms with Gasteiger partial charge in [0.15, 0.2) is 5.82 Å². The van der Waals surface area contributed by atoms with E-state index in [2.05, 4.69) is 25.9 Å². The second-order valence-electron chi connectivity index (χ2n) is 3.91. The Morgan fingerprint density at radius 3 is 3.05 bits per heavy atom. The lowest BCUT2D eigenvalue weighted by Crippen LogP contribution is -2.28. The number of amides is 1. The van der Waals surface area contributed by atoms with Gasteiger partial charge in [-0.3, -0.25) is 4.79 Å². The van der Waals surface area contributed by atoms with E-state index in [0.717, 1.165) is 5.82 Å². The minimum Gasteiger partial charge on any atom is -0.351 e. The third-order valence-corrected chi connectivity index (χ3v) is 2.63. The van der Waals surface area contributed by atoms with Crippen molar-refractivity contribution in [1.29, 1.82) is 0 Å². The Labute approximate surface area is 110 Å². The second kappa shape index (κ2) is 5.91.